The summed E-state index contributed by atoms with van der Waals surface area (Å²) in [5.74, 6) is 0. The van der Waals surface area contributed by atoms with Crippen LogP contribution in [0.4, 0.5) is 0 Å². The van der Waals surface area contributed by atoms with Crippen molar-refractivity contribution in [1.82, 2.24) is 19.6 Å². The molecule has 0 fully saturated rings. The average Bonchev–Trinajstić information content (AvgIpc) is 3.04. The molecule has 240 valence electrons. The Morgan fingerprint density at radius 3 is 0.689 bits per heavy atom. The van der Waals surface area contributed by atoms with E-state index in [4.69, 9.17) is 0 Å². The van der Waals surface area contributed by atoms with E-state index in [2.05, 4.69) is 149 Å². The summed E-state index contributed by atoms with van der Waals surface area (Å²) < 4.78 is 0. The van der Waals surface area contributed by atoms with Crippen LogP contribution in [0.15, 0.2) is 97.1 Å². The standard InChI is InChI=1S/4C10H14N.Zr/c4*1-11(2)9-8-10-6-4-3-5-7-10;/h4*3-6H,8-9H2,1-2H3;/q4*-1;+4. The molecule has 0 spiro atoms. The van der Waals surface area contributed by atoms with Crippen molar-refractivity contribution in [3.8, 4) is 0 Å². The van der Waals surface area contributed by atoms with Crippen LogP contribution >= 0.6 is 0 Å². The number of nitrogens with zero attached hydrogens (tertiary/aromatic N) is 4. The van der Waals surface area contributed by atoms with Gasteiger partial charge in [0.2, 0.25) is 0 Å². The number of benzene rings is 4. The third kappa shape index (κ3) is 26.5. The molecule has 0 aliphatic rings. The summed E-state index contributed by atoms with van der Waals surface area (Å²) in [4.78, 5) is 8.73. The molecule has 4 nitrogen and oxygen atoms in total. The first-order valence-corrected chi connectivity index (χ1v) is 15.6. The van der Waals surface area contributed by atoms with E-state index >= 15 is 0 Å². The molecular weight excluding hydrogens is 628 g/mol. The first-order valence-electron chi connectivity index (χ1n) is 15.6. The SMILES string of the molecule is CN(C)CCc1[c-]cccc1.CN(C)CCc1[c-]cccc1.CN(C)CCc1[c-]cccc1.CN(C)CCc1[c-]cccc1.[Zr+4]. The molecule has 0 N–H and O–H groups in total. The van der Waals surface area contributed by atoms with Gasteiger partial charge in [-0.25, -0.2) is 0 Å². The largest absolute Gasteiger partial charge is 4.00 e. The molecule has 0 radical (unpaired) electrons. The van der Waals surface area contributed by atoms with Crippen molar-refractivity contribution in [3.05, 3.63) is 144 Å². The molecular formula is C40H56N4Zr. The maximum atomic E-state index is 3.20. The van der Waals surface area contributed by atoms with Crippen LogP contribution in [0, 0.1) is 24.3 Å². The Balaban J connectivity index is 0.000000569. The third-order valence-electron chi connectivity index (χ3n) is 6.41. The minimum Gasteiger partial charge on any atom is -0.309 e. The second-order valence-electron chi connectivity index (χ2n) is 11.8. The van der Waals surface area contributed by atoms with Crippen molar-refractivity contribution in [2.45, 2.75) is 25.7 Å². The third-order valence-corrected chi connectivity index (χ3v) is 6.41. The molecule has 4 aromatic carbocycles. The van der Waals surface area contributed by atoms with Gasteiger partial charge in [-0.15, -0.1) is 0 Å². The van der Waals surface area contributed by atoms with Gasteiger partial charge >= 0.3 is 26.2 Å². The quantitative estimate of drug-likeness (QED) is 0.161. The first-order chi connectivity index (χ1) is 21.2. The Morgan fingerprint density at radius 2 is 0.556 bits per heavy atom. The minimum absolute atomic E-state index is 0. The summed E-state index contributed by atoms with van der Waals surface area (Å²) in [6.45, 7) is 4.39. The molecule has 0 unspecified atom stereocenters. The fourth-order valence-corrected chi connectivity index (χ4v) is 3.72. The van der Waals surface area contributed by atoms with Crippen molar-refractivity contribution in [2.24, 2.45) is 0 Å². The van der Waals surface area contributed by atoms with Gasteiger partial charge in [0, 0.05) is 0 Å². The predicted molar refractivity (Wildman–Crippen MR) is 190 cm³/mol. The summed E-state index contributed by atoms with van der Waals surface area (Å²) in [5, 5.41) is 0. The summed E-state index contributed by atoms with van der Waals surface area (Å²) in [6.07, 6.45) is 4.36. The van der Waals surface area contributed by atoms with Crippen molar-refractivity contribution >= 4 is 0 Å². The first kappa shape index (κ1) is 42.6. The zero-order valence-electron chi connectivity index (χ0n) is 29.2. The molecule has 0 amide bonds. The van der Waals surface area contributed by atoms with E-state index in [1.807, 2.05) is 48.5 Å². The van der Waals surface area contributed by atoms with E-state index in [-0.39, 0.29) is 26.2 Å². The molecule has 45 heavy (non-hydrogen) atoms. The minimum atomic E-state index is 0. The van der Waals surface area contributed by atoms with E-state index in [1.165, 1.54) is 22.3 Å². The zero-order valence-corrected chi connectivity index (χ0v) is 31.6. The molecule has 0 aliphatic heterocycles. The summed E-state index contributed by atoms with van der Waals surface area (Å²) >= 11 is 0. The van der Waals surface area contributed by atoms with E-state index < -0.39 is 0 Å². The zero-order chi connectivity index (χ0) is 32.4. The molecule has 5 heteroatoms. The van der Waals surface area contributed by atoms with Gasteiger partial charge in [0.05, 0.1) is 0 Å². The van der Waals surface area contributed by atoms with Crippen molar-refractivity contribution in [2.75, 3.05) is 82.6 Å². The van der Waals surface area contributed by atoms with Crippen molar-refractivity contribution in [1.29, 1.82) is 0 Å². The second-order valence-corrected chi connectivity index (χ2v) is 11.8. The molecule has 0 saturated carbocycles. The Labute approximate surface area is 296 Å². The van der Waals surface area contributed by atoms with Crippen LogP contribution < -0.4 is 0 Å². The van der Waals surface area contributed by atoms with Gasteiger partial charge in [-0.05, 0) is 108 Å². The van der Waals surface area contributed by atoms with E-state index in [1.54, 1.807) is 0 Å². The van der Waals surface area contributed by atoms with E-state index in [9.17, 15) is 0 Å². The van der Waals surface area contributed by atoms with E-state index in [0.29, 0.717) is 0 Å². The topological polar surface area (TPSA) is 13.0 Å². The molecule has 0 saturated heterocycles. The smallest absolute Gasteiger partial charge is 0.309 e. The van der Waals surface area contributed by atoms with Crippen molar-refractivity contribution in [3.63, 3.8) is 0 Å². The Morgan fingerprint density at radius 1 is 0.356 bits per heavy atom. The maximum absolute atomic E-state index is 3.20. The summed E-state index contributed by atoms with van der Waals surface area (Å²) in [5.41, 5.74) is 5.17. The van der Waals surface area contributed by atoms with Gasteiger partial charge < -0.3 is 19.6 Å². The monoisotopic (exact) mass is 682 g/mol. The summed E-state index contributed by atoms with van der Waals surface area (Å²) in [7, 11) is 16.7. The second kappa shape index (κ2) is 27.9. The normalized spacial score (nSPS) is 10.2. The predicted octanol–water partition coefficient (Wildman–Crippen LogP) is 6.36. The van der Waals surface area contributed by atoms with Gasteiger partial charge in [-0.1, -0.05) is 0 Å². The number of rotatable bonds is 12. The van der Waals surface area contributed by atoms with Crippen LogP contribution in [-0.4, -0.2) is 102 Å². The fraction of sp³-hybridized carbons (Fsp3) is 0.400. The van der Waals surface area contributed by atoms with Crippen LogP contribution in [0.25, 0.3) is 0 Å². The van der Waals surface area contributed by atoms with Gasteiger partial charge in [0.25, 0.3) is 0 Å². The molecule has 0 aromatic heterocycles. The van der Waals surface area contributed by atoms with Gasteiger partial charge in [-0.3, -0.25) is 0 Å². The van der Waals surface area contributed by atoms with Crippen LogP contribution in [-0.2, 0) is 51.9 Å². The molecule has 4 aromatic rings. The Hall–Kier alpha value is -2.40. The van der Waals surface area contributed by atoms with Gasteiger partial charge in [-0.2, -0.15) is 144 Å². The Bertz CT molecular complexity index is 962. The molecule has 0 bridgehead atoms. The van der Waals surface area contributed by atoms with Crippen LogP contribution in [0.2, 0.25) is 0 Å². The number of likely N-dealkylation sites (N-methyl/N-ethyl adjacent to an activating group) is 4. The maximum Gasteiger partial charge on any atom is 4.00 e. The molecule has 0 aliphatic carbocycles. The number of hydrogen-bond donors (Lipinski definition) is 0. The molecule has 4 rings (SSSR count). The van der Waals surface area contributed by atoms with Crippen LogP contribution in [0.1, 0.15) is 22.3 Å². The van der Waals surface area contributed by atoms with E-state index in [0.717, 1.165) is 51.9 Å². The number of hydrogen-bond acceptors (Lipinski definition) is 4. The molecule has 0 heterocycles. The summed E-state index contributed by atoms with van der Waals surface area (Å²) in [6, 6.07) is 45.3. The van der Waals surface area contributed by atoms with Gasteiger partial charge in [0.1, 0.15) is 0 Å². The molecule has 0 atom stereocenters. The van der Waals surface area contributed by atoms with Gasteiger partial charge in [0.15, 0.2) is 0 Å². The fourth-order valence-electron chi connectivity index (χ4n) is 3.72. The average molecular weight is 684 g/mol. The Kier molecular flexibility index (Phi) is 26.4. The van der Waals surface area contributed by atoms with Crippen molar-refractivity contribution < 1.29 is 26.2 Å². The van der Waals surface area contributed by atoms with Crippen LogP contribution in [0.3, 0.4) is 0 Å². The van der Waals surface area contributed by atoms with Crippen LogP contribution in [0.5, 0.6) is 0 Å².